The maximum absolute atomic E-state index is 9.39. The highest BCUT2D eigenvalue weighted by Gasteiger charge is 2.25. The van der Waals surface area contributed by atoms with Gasteiger partial charge in [0, 0.05) is 6.61 Å². The van der Waals surface area contributed by atoms with Gasteiger partial charge in [-0.1, -0.05) is 47.5 Å². The Hall–Kier alpha value is -0.0400. The van der Waals surface area contributed by atoms with Crippen LogP contribution in [0.4, 0.5) is 0 Å². The van der Waals surface area contributed by atoms with Crippen LogP contribution in [0.5, 0.6) is 0 Å². The van der Waals surface area contributed by atoms with Crippen molar-refractivity contribution >= 4 is 0 Å². The SMILES string of the molecule is CCCC(C)(CO)CCC(C)(C)CC. The fourth-order valence-corrected chi connectivity index (χ4v) is 1.70. The van der Waals surface area contributed by atoms with E-state index in [0.717, 1.165) is 12.8 Å². The van der Waals surface area contributed by atoms with Gasteiger partial charge in [0.1, 0.15) is 0 Å². The molecular formula is C13H28O. The Morgan fingerprint density at radius 2 is 1.50 bits per heavy atom. The third-order valence-electron chi connectivity index (χ3n) is 3.60. The van der Waals surface area contributed by atoms with Gasteiger partial charge >= 0.3 is 0 Å². The predicted octanol–water partition coefficient (Wildman–Crippen LogP) is 4.00. The summed E-state index contributed by atoms with van der Waals surface area (Å²) in [7, 11) is 0. The first kappa shape index (κ1) is 14.0. The highest BCUT2D eigenvalue weighted by Crippen LogP contribution is 2.35. The second kappa shape index (κ2) is 5.75. The average molecular weight is 200 g/mol. The standard InChI is InChI=1S/C13H28O/c1-6-8-13(5,11-14)10-9-12(3,4)7-2/h14H,6-11H2,1-5H3. The molecule has 86 valence electrons. The van der Waals surface area contributed by atoms with E-state index in [9.17, 15) is 5.11 Å². The van der Waals surface area contributed by atoms with E-state index >= 15 is 0 Å². The van der Waals surface area contributed by atoms with Crippen LogP contribution in [0.3, 0.4) is 0 Å². The lowest BCUT2D eigenvalue weighted by Crippen LogP contribution is -2.24. The van der Waals surface area contributed by atoms with E-state index in [1.54, 1.807) is 0 Å². The molecule has 0 aliphatic heterocycles. The summed E-state index contributed by atoms with van der Waals surface area (Å²) >= 11 is 0. The third kappa shape index (κ3) is 4.99. The summed E-state index contributed by atoms with van der Waals surface area (Å²) in [6.07, 6.45) is 5.91. The molecule has 1 N–H and O–H groups in total. The van der Waals surface area contributed by atoms with Gasteiger partial charge in [-0.2, -0.15) is 0 Å². The summed E-state index contributed by atoms with van der Waals surface area (Å²) in [6, 6.07) is 0. The van der Waals surface area contributed by atoms with Crippen LogP contribution < -0.4 is 0 Å². The summed E-state index contributed by atoms with van der Waals surface area (Å²) in [4.78, 5) is 0. The minimum absolute atomic E-state index is 0.154. The van der Waals surface area contributed by atoms with Crippen molar-refractivity contribution in [1.29, 1.82) is 0 Å². The van der Waals surface area contributed by atoms with E-state index in [2.05, 4.69) is 34.6 Å². The van der Waals surface area contributed by atoms with Crippen molar-refractivity contribution in [2.45, 2.75) is 66.7 Å². The van der Waals surface area contributed by atoms with Gasteiger partial charge in [-0.15, -0.1) is 0 Å². The molecule has 0 aliphatic carbocycles. The highest BCUT2D eigenvalue weighted by molar-refractivity contribution is 4.77. The molecule has 0 aromatic heterocycles. The summed E-state index contributed by atoms with van der Waals surface area (Å²) < 4.78 is 0. The summed E-state index contributed by atoms with van der Waals surface area (Å²) in [5.41, 5.74) is 0.589. The van der Waals surface area contributed by atoms with Crippen LogP contribution >= 0.6 is 0 Å². The molecule has 0 saturated heterocycles. The fraction of sp³-hybridized carbons (Fsp3) is 1.00. The molecule has 0 aromatic rings. The van der Waals surface area contributed by atoms with E-state index in [1.165, 1.54) is 19.3 Å². The van der Waals surface area contributed by atoms with Crippen LogP contribution in [0.15, 0.2) is 0 Å². The summed E-state index contributed by atoms with van der Waals surface area (Å²) in [6.45, 7) is 11.6. The Balaban J connectivity index is 4.06. The molecular weight excluding hydrogens is 172 g/mol. The van der Waals surface area contributed by atoms with E-state index < -0.39 is 0 Å². The van der Waals surface area contributed by atoms with Gasteiger partial charge in [-0.05, 0) is 30.1 Å². The Labute approximate surface area is 89.9 Å². The first-order valence-electron chi connectivity index (χ1n) is 6.00. The van der Waals surface area contributed by atoms with Gasteiger partial charge in [0.15, 0.2) is 0 Å². The fourth-order valence-electron chi connectivity index (χ4n) is 1.70. The first-order chi connectivity index (χ1) is 6.39. The molecule has 1 nitrogen and oxygen atoms in total. The second-order valence-electron chi connectivity index (χ2n) is 5.74. The molecule has 0 bridgehead atoms. The van der Waals surface area contributed by atoms with Crippen molar-refractivity contribution in [3.05, 3.63) is 0 Å². The number of hydrogen-bond acceptors (Lipinski definition) is 1. The topological polar surface area (TPSA) is 20.2 Å². The Morgan fingerprint density at radius 1 is 0.929 bits per heavy atom. The zero-order valence-electron chi connectivity index (χ0n) is 10.7. The third-order valence-corrected chi connectivity index (χ3v) is 3.60. The van der Waals surface area contributed by atoms with E-state index in [1.807, 2.05) is 0 Å². The molecule has 1 heteroatoms. The molecule has 0 heterocycles. The van der Waals surface area contributed by atoms with Gasteiger partial charge in [-0.25, -0.2) is 0 Å². The molecule has 14 heavy (non-hydrogen) atoms. The van der Waals surface area contributed by atoms with Gasteiger partial charge in [0.2, 0.25) is 0 Å². The quantitative estimate of drug-likeness (QED) is 0.658. The maximum Gasteiger partial charge on any atom is 0.0484 e. The van der Waals surface area contributed by atoms with Crippen LogP contribution in [-0.4, -0.2) is 11.7 Å². The van der Waals surface area contributed by atoms with Crippen molar-refractivity contribution in [2.75, 3.05) is 6.61 Å². The lowest BCUT2D eigenvalue weighted by atomic mass is 9.75. The predicted molar refractivity (Wildman–Crippen MR) is 63.4 cm³/mol. The van der Waals surface area contributed by atoms with E-state index in [4.69, 9.17) is 0 Å². The normalized spacial score (nSPS) is 16.7. The van der Waals surface area contributed by atoms with Crippen LogP contribution in [0.25, 0.3) is 0 Å². The number of aliphatic hydroxyl groups is 1. The van der Waals surface area contributed by atoms with Crippen molar-refractivity contribution < 1.29 is 5.11 Å². The van der Waals surface area contributed by atoms with Crippen LogP contribution in [0.2, 0.25) is 0 Å². The lowest BCUT2D eigenvalue weighted by Gasteiger charge is -2.32. The number of hydrogen-bond donors (Lipinski definition) is 1. The first-order valence-corrected chi connectivity index (χ1v) is 6.00. The number of aliphatic hydroxyl groups excluding tert-OH is 1. The molecule has 0 radical (unpaired) electrons. The highest BCUT2D eigenvalue weighted by atomic mass is 16.3. The lowest BCUT2D eigenvalue weighted by molar-refractivity contribution is 0.104. The van der Waals surface area contributed by atoms with E-state index in [-0.39, 0.29) is 5.41 Å². The van der Waals surface area contributed by atoms with Crippen molar-refractivity contribution in [1.82, 2.24) is 0 Å². The maximum atomic E-state index is 9.39. The smallest absolute Gasteiger partial charge is 0.0484 e. The molecule has 0 saturated carbocycles. The average Bonchev–Trinajstić information content (AvgIpc) is 2.16. The van der Waals surface area contributed by atoms with Gasteiger partial charge < -0.3 is 5.11 Å². The Kier molecular flexibility index (Phi) is 5.73. The zero-order chi connectivity index (χ0) is 11.2. The van der Waals surface area contributed by atoms with Gasteiger partial charge in [0.25, 0.3) is 0 Å². The van der Waals surface area contributed by atoms with Crippen molar-refractivity contribution in [3.63, 3.8) is 0 Å². The molecule has 0 aromatic carbocycles. The zero-order valence-corrected chi connectivity index (χ0v) is 10.7. The van der Waals surface area contributed by atoms with Gasteiger partial charge in [0.05, 0.1) is 0 Å². The van der Waals surface area contributed by atoms with Crippen LogP contribution in [0.1, 0.15) is 66.7 Å². The molecule has 0 fully saturated rings. The second-order valence-corrected chi connectivity index (χ2v) is 5.74. The Morgan fingerprint density at radius 3 is 1.86 bits per heavy atom. The minimum atomic E-state index is 0.154. The molecule has 0 rings (SSSR count). The summed E-state index contributed by atoms with van der Waals surface area (Å²) in [5.74, 6) is 0. The molecule has 0 aliphatic rings. The summed E-state index contributed by atoms with van der Waals surface area (Å²) in [5, 5.41) is 9.39. The Bertz CT molecular complexity index is 151. The molecule has 0 spiro atoms. The molecule has 1 atom stereocenters. The van der Waals surface area contributed by atoms with Crippen LogP contribution in [-0.2, 0) is 0 Å². The molecule has 1 unspecified atom stereocenters. The van der Waals surface area contributed by atoms with Gasteiger partial charge in [-0.3, -0.25) is 0 Å². The number of rotatable bonds is 7. The van der Waals surface area contributed by atoms with Crippen molar-refractivity contribution in [2.24, 2.45) is 10.8 Å². The molecule has 0 amide bonds. The minimum Gasteiger partial charge on any atom is -0.396 e. The van der Waals surface area contributed by atoms with E-state index in [0.29, 0.717) is 12.0 Å². The largest absolute Gasteiger partial charge is 0.396 e. The van der Waals surface area contributed by atoms with Crippen molar-refractivity contribution in [3.8, 4) is 0 Å². The van der Waals surface area contributed by atoms with Crippen LogP contribution in [0, 0.1) is 10.8 Å². The monoisotopic (exact) mass is 200 g/mol.